The third-order valence-corrected chi connectivity index (χ3v) is 9.32. The van der Waals surface area contributed by atoms with Crippen LogP contribution < -0.4 is 0 Å². The molecule has 0 aliphatic heterocycles. The van der Waals surface area contributed by atoms with Gasteiger partial charge in [-0.25, -0.2) is 0 Å². The van der Waals surface area contributed by atoms with Gasteiger partial charge in [0.25, 0.3) is 0 Å². The van der Waals surface area contributed by atoms with Crippen LogP contribution >= 0.6 is 15.2 Å². The molecule has 0 spiro atoms. The van der Waals surface area contributed by atoms with Crippen LogP contribution in [0.1, 0.15) is 68.2 Å². The summed E-state index contributed by atoms with van der Waals surface area (Å²) in [6.45, 7) is 13.7. The molecule has 25 heavy (non-hydrogen) atoms. The highest BCUT2D eigenvalue weighted by Crippen LogP contribution is 2.73. The zero-order valence-electron chi connectivity index (χ0n) is 16.8. The van der Waals surface area contributed by atoms with Crippen LogP contribution in [0.25, 0.3) is 0 Å². The fourth-order valence-electron chi connectivity index (χ4n) is 2.27. The van der Waals surface area contributed by atoms with Crippen molar-refractivity contribution in [1.82, 2.24) is 0 Å². The molecule has 152 valence electrons. The second-order valence-corrected chi connectivity index (χ2v) is 11.7. The van der Waals surface area contributed by atoms with Gasteiger partial charge in [0.15, 0.2) is 5.40 Å². The van der Waals surface area contributed by atoms with Crippen molar-refractivity contribution in [2.75, 3.05) is 6.61 Å². The van der Waals surface area contributed by atoms with Gasteiger partial charge in [-0.1, -0.05) is 0 Å². The van der Waals surface area contributed by atoms with Gasteiger partial charge in [0.1, 0.15) is 0 Å². The topological polar surface area (TPSA) is 91.3 Å². The van der Waals surface area contributed by atoms with Crippen molar-refractivity contribution in [3.63, 3.8) is 0 Å². The SMILES string of the molecule is CC(C)OP(=O)(OC(C)C)C(CCCO)P(=O)(OC(C)C)OC(C)C. The molecule has 0 radical (unpaired) electrons. The highest BCUT2D eigenvalue weighted by molar-refractivity contribution is 7.72. The van der Waals surface area contributed by atoms with Crippen molar-refractivity contribution >= 4 is 15.2 Å². The first kappa shape index (κ1) is 25.3. The molecule has 0 fully saturated rings. The third-order valence-electron chi connectivity index (χ3n) is 2.78. The normalized spacial score (nSPS) is 13.8. The Kier molecular flexibility index (Phi) is 11.3. The highest BCUT2D eigenvalue weighted by atomic mass is 31.2. The molecule has 0 saturated heterocycles. The van der Waals surface area contributed by atoms with Crippen molar-refractivity contribution in [1.29, 1.82) is 0 Å². The monoisotopic (exact) mass is 402 g/mol. The van der Waals surface area contributed by atoms with Gasteiger partial charge in [-0.3, -0.25) is 9.13 Å². The van der Waals surface area contributed by atoms with Crippen molar-refractivity contribution in [3.8, 4) is 0 Å². The highest BCUT2D eigenvalue weighted by Gasteiger charge is 2.52. The first-order valence-corrected chi connectivity index (χ1v) is 12.1. The largest absolute Gasteiger partial charge is 0.396 e. The van der Waals surface area contributed by atoms with Crippen LogP contribution in [-0.2, 0) is 27.2 Å². The number of aliphatic hydroxyl groups is 1. The number of hydrogen-bond acceptors (Lipinski definition) is 7. The molecule has 7 nitrogen and oxygen atoms in total. The van der Waals surface area contributed by atoms with Crippen molar-refractivity contribution in [2.24, 2.45) is 0 Å². The average Bonchev–Trinajstić information content (AvgIpc) is 2.33. The van der Waals surface area contributed by atoms with E-state index in [-0.39, 0.29) is 19.4 Å². The minimum absolute atomic E-state index is 0.136. The van der Waals surface area contributed by atoms with Crippen LogP contribution in [0.15, 0.2) is 0 Å². The van der Waals surface area contributed by atoms with Gasteiger partial charge in [-0.2, -0.15) is 0 Å². The average molecular weight is 402 g/mol. The molecule has 0 heterocycles. The molecule has 1 N–H and O–H groups in total. The van der Waals surface area contributed by atoms with Gasteiger partial charge in [0, 0.05) is 6.61 Å². The van der Waals surface area contributed by atoms with E-state index >= 15 is 0 Å². The van der Waals surface area contributed by atoms with Crippen molar-refractivity contribution in [2.45, 2.75) is 98.0 Å². The molecule has 0 bridgehead atoms. The minimum atomic E-state index is -3.83. The van der Waals surface area contributed by atoms with Gasteiger partial charge in [0.05, 0.1) is 24.4 Å². The maximum Gasteiger partial charge on any atom is 0.346 e. The van der Waals surface area contributed by atoms with Crippen molar-refractivity contribution in [3.05, 3.63) is 0 Å². The maximum atomic E-state index is 13.6. The van der Waals surface area contributed by atoms with Gasteiger partial charge < -0.3 is 23.2 Å². The second-order valence-electron chi connectivity index (χ2n) is 7.04. The van der Waals surface area contributed by atoms with Crippen LogP contribution in [-0.4, -0.2) is 41.5 Å². The first-order valence-electron chi connectivity index (χ1n) is 8.90. The van der Waals surface area contributed by atoms with Crippen LogP contribution in [0.3, 0.4) is 0 Å². The van der Waals surface area contributed by atoms with E-state index in [4.69, 9.17) is 18.1 Å². The lowest BCUT2D eigenvalue weighted by Gasteiger charge is -2.35. The zero-order chi connectivity index (χ0) is 19.8. The first-order chi connectivity index (χ1) is 11.4. The van der Waals surface area contributed by atoms with E-state index in [2.05, 4.69) is 0 Å². The van der Waals surface area contributed by atoms with E-state index in [0.717, 1.165) is 0 Å². The van der Waals surface area contributed by atoms with E-state index in [1.54, 1.807) is 55.4 Å². The van der Waals surface area contributed by atoms with Crippen LogP contribution in [0.2, 0.25) is 0 Å². The Balaban J connectivity index is 6.07. The fraction of sp³-hybridized carbons (Fsp3) is 1.00. The summed E-state index contributed by atoms with van der Waals surface area (Å²) in [5.41, 5.74) is 0. The van der Waals surface area contributed by atoms with E-state index in [0.29, 0.717) is 0 Å². The molecule has 0 aliphatic carbocycles. The fourth-order valence-corrected chi connectivity index (χ4v) is 8.32. The summed E-state index contributed by atoms with van der Waals surface area (Å²) in [7, 11) is -7.66. The summed E-state index contributed by atoms with van der Waals surface area (Å²) in [5, 5.41) is 8.14. The minimum Gasteiger partial charge on any atom is -0.396 e. The number of hydrogen-bond donors (Lipinski definition) is 1. The number of rotatable bonds is 13. The van der Waals surface area contributed by atoms with Crippen molar-refractivity contribution < 1.29 is 32.3 Å². The predicted molar refractivity (Wildman–Crippen MR) is 100 cm³/mol. The van der Waals surface area contributed by atoms with Gasteiger partial charge in [-0.05, 0) is 68.2 Å². The van der Waals surface area contributed by atoms with Gasteiger partial charge >= 0.3 is 15.2 Å². The smallest absolute Gasteiger partial charge is 0.346 e. The summed E-state index contributed by atoms with van der Waals surface area (Å²) in [6.07, 6.45) is -1.16. The van der Waals surface area contributed by atoms with E-state index in [1.807, 2.05) is 0 Å². The van der Waals surface area contributed by atoms with Gasteiger partial charge in [-0.15, -0.1) is 0 Å². The summed E-state index contributed by atoms with van der Waals surface area (Å²) in [5.74, 6) is 0. The molecule has 0 aromatic carbocycles. The molecule has 9 heteroatoms. The summed E-state index contributed by atoms with van der Waals surface area (Å²) in [6, 6.07) is 0. The zero-order valence-corrected chi connectivity index (χ0v) is 18.6. The summed E-state index contributed by atoms with van der Waals surface area (Å²) in [4.78, 5) is 0. The summed E-state index contributed by atoms with van der Waals surface area (Å²) >= 11 is 0. The summed E-state index contributed by atoms with van der Waals surface area (Å²) < 4.78 is 49.7. The second kappa shape index (κ2) is 11.2. The van der Waals surface area contributed by atoms with Crippen LogP contribution in [0.4, 0.5) is 0 Å². The van der Waals surface area contributed by atoms with Gasteiger partial charge in [0.2, 0.25) is 0 Å². The predicted octanol–water partition coefficient (Wildman–Crippen LogP) is 5.17. The van der Waals surface area contributed by atoms with E-state index in [9.17, 15) is 14.2 Å². The molecular formula is C16H36O7P2. The third kappa shape index (κ3) is 9.14. The Labute approximate surface area is 152 Å². The molecule has 0 rings (SSSR count). The molecule has 0 aliphatic rings. The van der Waals surface area contributed by atoms with Crippen LogP contribution in [0, 0.1) is 0 Å². The Bertz CT molecular complexity index is 397. The van der Waals surface area contributed by atoms with E-state index < -0.39 is 45.0 Å². The lowest BCUT2D eigenvalue weighted by Crippen LogP contribution is -2.23. The maximum absolute atomic E-state index is 13.6. The lowest BCUT2D eigenvalue weighted by atomic mass is 10.4. The molecule has 0 saturated carbocycles. The molecule has 0 aromatic heterocycles. The Morgan fingerprint density at radius 3 is 1.16 bits per heavy atom. The standard InChI is InChI=1S/C16H36O7P2/c1-12(2)20-24(18,21-13(3)4)16(10-9-11-17)25(19,22-14(5)6)23-15(7)8/h12-17H,9-11H2,1-8H3. The Hall–Kier alpha value is 0.260. The molecule has 0 amide bonds. The molecule has 0 aromatic rings. The Morgan fingerprint density at radius 1 is 0.680 bits per heavy atom. The molecule has 0 unspecified atom stereocenters. The van der Waals surface area contributed by atoms with E-state index in [1.165, 1.54) is 0 Å². The van der Waals surface area contributed by atoms with Crippen LogP contribution in [0.5, 0.6) is 0 Å². The molecule has 0 atom stereocenters. The number of aliphatic hydroxyl groups excluding tert-OH is 1. The quantitative estimate of drug-likeness (QED) is 0.425. The molecular weight excluding hydrogens is 366 g/mol. The Morgan fingerprint density at radius 2 is 0.960 bits per heavy atom. The lowest BCUT2D eigenvalue weighted by molar-refractivity contribution is 0.121.